The number of hydrogen-bond acceptors (Lipinski definition) is 4. The van der Waals surface area contributed by atoms with Crippen LogP contribution < -0.4 is 10.6 Å². The summed E-state index contributed by atoms with van der Waals surface area (Å²) in [6.45, 7) is 4.33. The van der Waals surface area contributed by atoms with Crippen molar-refractivity contribution in [1.82, 2.24) is 14.8 Å². The van der Waals surface area contributed by atoms with Gasteiger partial charge in [0.25, 0.3) is 11.8 Å². The van der Waals surface area contributed by atoms with Crippen LogP contribution >= 0.6 is 0 Å². The Kier molecular flexibility index (Phi) is 7.76. The molecule has 3 aromatic carbocycles. The summed E-state index contributed by atoms with van der Waals surface area (Å²) in [4.78, 5) is 28.1. The minimum Gasteiger partial charge on any atom is -0.379 e. The molecule has 1 aliphatic rings. The van der Waals surface area contributed by atoms with Crippen LogP contribution in [0.15, 0.2) is 72.8 Å². The molecule has 2 heterocycles. The van der Waals surface area contributed by atoms with E-state index in [-0.39, 0.29) is 23.8 Å². The number of ether oxygens (including phenoxy) is 1. The molecule has 1 fully saturated rings. The number of fused-ring (bicyclic) bond motifs is 1. The van der Waals surface area contributed by atoms with Gasteiger partial charge >= 0.3 is 0 Å². The van der Waals surface area contributed by atoms with Crippen LogP contribution in [-0.4, -0.2) is 60.7 Å². The van der Waals surface area contributed by atoms with Crippen LogP contribution in [0.25, 0.3) is 10.9 Å². The number of carbonyl (C=O) groups is 2. The number of benzene rings is 3. The van der Waals surface area contributed by atoms with Crippen molar-refractivity contribution in [2.45, 2.75) is 6.54 Å². The molecule has 38 heavy (non-hydrogen) atoms. The van der Waals surface area contributed by atoms with Gasteiger partial charge in [0.2, 0.25) is 0 Å². The average Bonchev–Trinajstić information content (AvgIpc) is 3.28. The molecule has 4 aromatic rings. The minimum absolute atomic E-state index is 0.0648. The molecule has 0 saturated carbocycles. The molecule has 5 rings (SSSR count). The third-order valence-electron chi connectivity index (χ3n) is 6.61. The van der Waals surface area contributed by atoms with Gasteiger partial charge < -0.3 is 19.9 Å². The van der Waals surface area contributed by atoms with Gasteiger partial charge in [0.15, 0.2) is 0 Å². The van der Waals surface area contributed by atoms with E-state index in [4.69, 9.17) is 4.74 Å². The van der Waals surface area contributed by atoms with Gasteiger partial charge in [0.1, 0.15) is 17.3 Å². The van der Waals surface area contributed by atoms with Crippen LogP contribution in [0.2, 0.25) is 0 Å². The van der Waals surface area contributed by atoms with E-state index in [1.54, 1.807) is 53.1 Å². The zero-order valence-electron chi connectivity index (χ0n) is 20.8. The molecule has 0 unspecified atom stereocenters. The summed E-state index contributed by atoms with van der Waals surface area (Å²) in [6.07, 6.45) is 0. The zero-order valence-corrected chi connectivity index (χ0v) is 20.8. The van der Waals surface area contributed by atoms with E-state index >= 15 is 0 Å². The quantitative estimate of drug-likeness (QED) is 0.365. The lowest BCUT2D eigenvalue weighted by Crippen LogP contribution is -2.41. The molecule has 0 spiro atoms. The summed E-state index contributed by atoms with van der Waals surface area (Å²) in [7, 11) is 0. The van der Waals surface area contributed by atoms with E-state index in [0.29, 0.717) is 54.2 Å². The summed E-state index contributed by atoms with van der Waals surface area (Å²) in [5.41, 5.74) is 1.92. The first-order valence-electron chi connectivity index (χ1n) is 12.5. The second kappa shape index (κ2) is 11.5. The van der Waals surface area contributed by atoms with Crippen molar-refractivity contribution < 1.29 is 23.1 Å². The van der Waals surface area contributed by atoms with Gasteiger partial charge in [0.05, 0.1) is 25.3 Å². The highest BCUT2D eigenvalue weighted by molar-refractivity contribution is 6.06. The first kappa shape index (κ1) is 25.6. The molecule has 9 heteroatoms. The molecule has 7 nitrogen and oxygen atoms in total. The smallest absolute Gasteiger partial charge is 0.267 e. The summed E-state index contributed by atoms with van der Waals surface area (Å²) < 4.78 is 35.7. The van der Waals surface area contributed by atoms with Crippen molar-refractivity contribution in [2.24, 2.45) is 0 Å². The lowest BCUT2D eigenvalue weighted by Gasteiger charge is -2.26. The summed E-state index contributed by atoms with van der Waals surface area (Å²) >= 11 is 0. The number of anilines is 1. The van der Waals surface area contributed by atoms with E-state index in [0.717, 1.165) is 13.1 Å². The molecule has 0 bridgehead atoms. The van der Waals surface area contributed by atoms with E-state index < -0.39 is 11.7 Å². The summed E-state index contributed by atoms with van der Waals surface area (Å²) in [5.74, 6) is -1.82. The maximum atomic E-state index is 14.5. The van der Waals surface area contributed by atoms with Crippen LogP contribution in [0.1, 0.15) is 26.4 Å². The third-order valence-corrected chi connectivity index (χ3v) is 6.61. The first-order valence-corrected chi connectivity index (χ1v) is 12.5. The number of nitrogens with zero attached hydrogens (tertiary/aromatic N) is 2. The standard InChI is InChI=1S/C29H28F2N4O3/c30-24-7-3-1-5-20(24)19-35-26-10-9-22(33-28(36)23-6-2-4-8-25(23)31)17-21(26)18-27(35)29(37)32-11-12-34-13-15-38-16-14-34/h1-10,17-18H,11-16,19H2,(H,32,37)(H,33,36). The summed E-state index contributed by atoms with van der Waals surface area (Å²) in [6, 6.07) is 19.1. The first-order chi connectivity index (χ1) is 18.5. The van der Waals surface area contributed by atoms with Crippen molar-refractivity contribution >= 4 is 28.4 Å². The number of aromatic nitrogens is 1. The fourth-order valence-electron chi connectivity index (χ4n) is 4.59. The SMILES string of the molecule is O=C(Nc1ccc2c(c1)cc(C(=O)NCCN1CCOCC1)n2Cc1ccccc1F)c1ccccc1F. The Morgan fingerprint density at radius 1 is 0.868 bits per heavy atom. The van der Waals surface area contributed by atoms with Crippen molar-refractivity contribution in [3.63, 3.8) is 0 Å². The number of carbonyl (C=O) groups excluding carboxylic acids is 2. The molecule has 196 valence electrons. The molecule has 2 N–H and O–H groups in total. The van der Waals surface area contributed by atoms with Gasteiger partial charge in [0, 0.05) is 48.3 Å². The highest BCUT2D eigenvalue weighted by Crippen LogP contribution is 2.26. The van der Waals surface area contributed by atoms with Gasteiger partial charge in [-0.05, 0) is 42.5 Å². The molecular formula is C29H28F2N4O3. The molecule has 1 aromatic heterocycles. The predicted octanol–water partition coefficient (Wildman–Crippen LogP) is 4.28. The number of hydrogen-bond donors (Lipinski definition) is 2. The van der Waals surface area contributed by atoms with Crippen molar-refractivity contribution in [3.8, 4) is 0 Å². The lowest BCUT2D eigenvalue weighted by atomic mass is 10.1. The third kappa shape index (κ3) is 5.74. The highest BCUT2D eigenvalue weighted by Gasteiger charge is 2.19. The van der Waals surface area contributed by atoms with Gasteiger partial charge in [-0.3, -0.25) is 14.5 Å². The molecule has 0 aliphatic carbocycles. The van der Waals surface area contributed by atoms with E-state index in [1.807, 2.05) is 0 Å². The Hall–Kier alpha value is -4.08. The van der Waals surface area contributed by atoms with Crippen LogP contribution in [0.4, 0.5) is 14.5 Å². The van der Waals surface area contributed by atoms with Crippen LogP contribution in [0, 0.1) is 11.6 Å². The van der Waals surface area contributed by atoms with Crippen LogP contribution in [-0.2, 0) is 11.3 Å². The van der Waals surface area contributed by atoms with Gasteiger partial charge in [-0.2, -0.15) is 0 Å². The molecular weight excluding hydrogens is 490 g/mol. The number of rotatable bonds is 8. The average molecular weight is 519 g/mol. The number of nitrogens with one attached hydrogen (secondary N) is 2. The topological polar surface area (TPSA) is 75.6 Å². The lowest BCUT2D eigenvalue weighted by molar-refractivity contribution is 0.0383. The van der Waals surface area contributed by atoms with Crippen LogP contribution in [0.3, 0.4) is 0 Å². The Morgan fingerprint density at radius 3 is 2.37 bits per heavy atom. The van der Waals surface area contributed by atoms with E-state index in [2.05, 4.69) is 15.5 Å². The molecule has 1 aliphatic heterocycles. The Labute approximate surface area is 219 Å². The fraction of sp³-hybridized carbons (Fsp3) is 0.241. The Balaban J connectivity index is 1.41. The van der Waals surface area contributed by atoms with Gasteiger partial charge in [-0.1, -0.05) is 30.3 Å². The van der Waals surface area contributed by atoms with Crippen molar-refractivity contribution in [1.29, 1.82) is 0 Å². The normalized spacial score (nSPS) is 13.9. The van der Waals surface area contributed by atoms with E-state index in [9.17, 15) is 18.4 Å². The second-order valence-corrected chi connectivity index (χ2v) is 9.12. The molecule has 1 saturated heterocycles. The largest absolute Gasteiger partial charge is 0.379 e. The second-order valence-electron chi connectivity index (χ2n) is 9.12. The van der Waals surface area contributed by atoms with Crippen LogP contribution in [0.5, 0.6) is 0 Å². The maximum Gasteiger partial charge on any atom is 0.267 e. The monoisotopic (exact) mass is 518 g/mol. The Bertz CT molecular complexity index is 1460. The number of amides is 2. The van der Waals surface area contributed by atoms with Gasteiger partial charge in [-0.25, -0.2) is 8.78 Å². The van der Waals surface area contributed by atoms with Gasteiger partial charge in [-0.15, -0.1) is 0 Å². The molecule has 0 radical (unpaired) electrons. The number of halogens is 2. The fourth-order valence-corrected chi connectivity index (χ4v) is 4.59. The zero-order chi connectivity index (χ0) is 26.5. The summed E-state index contributed by atoms with van der Waals surface area (Å²) in [5, 5.41) is 6.38. The minimum atomic E-state index is -0.613. The maximum absolute atomic E-state index is 14.5. The van der Waals surface area contributed by atoms with Crippen molar-refractivity contribution in [2.75, 3.05) is 44.7 Å². The molecule has 0 atom stereocenters. The highest BCUT2D eigenvalue weighted by atomic mass is 19.1. The number of morpholine rings is 1. The van der Waals surface area contributed by atoms with E-state index in [1.165, 1.54) is 24.3 Å². The predicted molar refractivity (Wildman–Crippen MR) is 141 cm³/mol. The molecule has 2 amide bonds. The van der Waals surface area contributed by atoms with Crippen molar-refractivity contribution in [3.05, 3.63) is 101 Å². The Morgan fingerprint density at radius 2 is 1.61 bits per heavy atom.